The van der Waals surface area contributed by atoms with Gasteiger partial charge in [-0.05, 0) is 62.1 Å². The third kappa shape index (κ3) is 5.55. The first-order valence-electron chi connectivity index (χ1n) is 9.51. The minimum absolute atomic E-state index is 0.0622. The van der Waals surface area contributed by atoms with E-state index >= 15 is 0 Å². The highest BCUT2D eigenvalue weighted by atomic mass is 35.5. The number of hydrogen-bond donors (Lipinski definition) is 1. The number of likely N-dealkylation sites (N-methyl/N-ethyl adjacent to an activating group) is 1. The van der Waals surface area contributed by atoms with Gasteiger partial charge in [-0.3, -0.25) is 9.69 Å². The third-order valence-electron chi connectivity index (χ3n) is 4.68. The van der Waals surface area contributed by atoms with Crippen LogP contribution >= 0.6 is 11.6 Å². The Morgan fingerprint density at radius 1 is 1.13 bits per heavy atom. The molecule has 6 nitrogen and oxygen atoms in total. The summed E-state index contributed by atoms with van der Waals surface area (Å²) in [5, 5.41) is 3.63. The first-order valence-corrected chi connectivity index (χ1v) is 9.89. The normalized spacial score (nSPS) is 11.9. The largest absolute Gasteiger partial charge is 0.493 e. The molecule has 0 radical (unpaired) electrons. The number of carbonyl (C=O) groups excluding carboxylic acids is 1. The molecule has 0 bridgehead atoms. The maximum absolute atomic E-state index is 12.7. The Balaban J connectivity index is 1.64. The lowest BCUT2D eigenvalue weighted by atomic mass is 10.1. The van der Waals surface area contributed by atoms with Crippen molar-refractivity contribution in [3.05, 3.63) is 82.8 Å². The average molecular weight is 429 g/mol. The van der Waals surface area contributed by atoms with Crippen molar-refractivity contribution in [2.24, 2.45) is 0 Å². The first kappa shape index (κ1) is 21.7. The van der Waals surface area contributed by atoms with Gasteiger partial charge in [-0.2, -0.15) is 0 Å². The van der Waals surface area contributed by atoms with Crippen molar-refractivity contribution in [3.8, 4) is 11.5 Å². The highest BCUT2D eigenvalue weighted by Gasteiger charge is 2.19. The number of halogens is 1. The number of carbonyl (C=O) groups is 1. The van der Waals surface area contributed by atoms with Gasteiger partial charge >= 0.3 is 0 Å². The second-order valence-corrected chi connectivity index (χ2v) is 7.42. The minimum Gasteiger partial charge on any atom is -0.493 e. The van der Waals surface area contributed by atoms with Crippen LogP contribution in [-0.2, 0) is 6.61 Å². The van der Waals surface area contributed by atoms with E-state index in [0.29, 0.717) is 35.2 Å². The maximum atomic E-state index is 12.7. The van der Waals surface area contributed by atoms with Crippen molar-refractivity contribution in [2.45, 2.75) is 12.6 Å². The van der Waals surface area contributed by atoms with E-state index in [-0.39, 0.29) is 11.9 Å². The number of nitrogens with zero attached hydrogens (tertiary/aromatic N) is 1. The van der Waals surface area contributed by atoms with E-state index in [0.717, 1.165) is 11.3 Å². The molecule has 0 fully saturated rings. The van der Waals surface area contributed by atoms with Gasteiger partial charge in [0.2, 0.25) is 0 Å². The molecule has 30 heavy (non-hydrogen) atoms. The molecule has 1 amide bonds. The van der Waals surface area contributed by atoms with Crippen LogP contribution in [0.5, 0.6) is 11.5 Å². The molecule has 0 saturated heterocycles. The highest BCUT2D eigenvalue weighted by Crippen LogP contribution is 2.29. The Hall–Kier alpha value is -2.96. The lowest BCUT2D eigenvalue weighted by Gasteiger charge is -2.22. The van der Waals surface area contributed by atoms with Crippen LogP contribution in [0.3, 0.4) is 0 Å². The lowest BCUT2D eigenvalue weighted by molar-refractivity contribution is 0.0938. The summed E-state index contributed by atoms with van der Waals surface area (Å²) < 4.78 is 16.7. The monoisotopic (exact) mass is 428 g/mol. The second kappa shape index (κ2) is 10.2. The molecule has 0 saturated carbocycles. The zero-order valence-corrected chi connectivity index (χ0v) is 18.0. The molecule has 1 N–H and O–H groups in total. The van der Waals surface area contributed by atoms with Gasteiger partial charge in [0.1, 0.15) is 12.4 Å². The predicted molar refractivity (Wildman–Crippen MR) is 116 cm³/mol. The molecule has 3 aromatic rings. The van der Waals surface area contributed by atoms with Gasteiger partial charge in [-0.25, -0.2) is 0 Å². The van der Waals surface area contributed by atoms with E-state index in [4.69, 9.17) is 25.5 Å². The molecule has 2 aromatic carbocycles. The molecule has 1 atom stereocenters. The second-order valence-electron chi connectivity index (χ2n) is 6.99. The Labute approximate surface area is 181 Å². The molecular formula is C23H25ClN2O4. The summed E-state index contributed by atoms with van der Waals surface area (Å²) in [6.45, 7) is 0.781. The van der Waals surface area contributed by atoms with Crippen LogP contribution in [0.4, 0.5) is 0 Å². The fraction of sp³-hybridized carbons (Fsp3) is 0.261. The zero-order chi connectivity index (χ0) is 21.5. The zero-order valence-electron chi connectivity index (χ0n) is 17.2. The molecule has 1 aromatic heterocycles. The van der Waals surface area contributed by atoms with Crippen molar-refractivity contribution >= 4 is 17.5 Å². The van der Waals surface area contributed by atoms with Crippen molar-refractivity contribution in [1.29, 1.82) is 0 Å². The number of ether oxygens (including phenoxy) is 2. The summed E-state index contributed by atoms with van der Waals surface area (Å²) in [7, 11) is 5.43. The number of furan rings is 1. The van der Waals surface area contributed by atoms with Gasteiger partial charge in [0.15, 0.2) is 11.5 Å². The van der Waals surface area contributed by atoms with E-state index in [2.05, 4.69) is 5.32 Å². The molecule has 7 heteroatoms. The van der Waals surface area contributed by atoms with Gasteiger partial charge in [0, 0.05) is 17.1 Å². The summed E-state index contributed by atoms with van der Waals surface area (Å²) in [6.07, 6.45) is 1.63. The molecule has 1 unspecified atom stereocenters. The van der Waals surface area contributed by atoms with Crippen LogP contribution < -0.4 is 14.8 Å². The first-order chi connectivity index (χ1) is 14.5. The predicted octanol–water partition coefficient (Wildman–Crippen LogP) is 4.55. The van der Waals surface area contributed by atoms with Crippen molar-refractivity contribution < 1.29 is 18.7 Å². The summed E-state index contributed by atoms with van der Waals surface area (Å²) in [5.41, 5.74) is 1.47. The number of hydrogen-bond acceptors (Lipinski definition) is 5. The van der Waals surface area contributed by atoms with Crippen LogP contribution in [-0.4, -0.2) is 38.6 Å². The number of rotatable bonds is 9. The summed E-state index contributed by atoms with van der Waals surface area (Å²) >= 11 is 5.91. The fourth-order valence-corrected chi connectivity index (χ4v) is 3.11. The van der Waals surface area contributed by atoms with Gasteiger partial charge < -0.3 is 19.2 Å². The number of amides is 1. The Morgan fingerprint density at radius 3 is 2.53 bits per heavy atom. The topological polar surface area (TPSA) is 63.9 Å². The van der Waals surface area contributed by atoms with Crippen molar-refractivity contribution in [2.75, 3.05) is 27.7 Å². The van der Waals surface area contributed by atoms with E-state index in [1.807, 2.05) is 55.4 Å². The van der Waals surface area contributed by atoms with Crippen LogP contribution in [0.15, 0.2) is 65.3 Å². The molecule has 1 heterocycles. The van der Waals surface area contributed by atoms with Crippen LogP contribution in [0.1, 0.15) is 27.7 Å². The van der Waals surface area contributed by atoms with Crippen LogP contribution in [0.2, 0.25) is 5.02 Å². The summed E-state index contributed by atoms with van der Waals surface area (Å²) in [6, 6.07) is 16.2. The van der Waals surface area contributed by atoms with E-state index in [1.165, 1.54) is 0 Å². The minimum atomic E-state index is -0.198. The van der Waals surface area contributed by atoms with Crippen molar-refractivity contribution in [1.82, 2.24) is 10.2 Å². The maximum Gasteiger partial charge on any atom is 0.251 e. The molecule has 0 aliphatic carbocycles. The molecule has 0 aliphatic heterocycles. The van der Waals surface area contributed by atoms with E-state index < -0.39 is 0 Å². The number of benzene rings is 2. The average Bonchev–Trinajstić information content (AvgIpc) is 3.27. The van der Waals surface area contributed by atoms with E-state index in [9.17, 15) is 4.79 Å². The van der Waals surface area contributed by atoms with Crippen LogP contribution in [0.25, 0.3) is 0 Å². The van der Waals surface area contributed by atoms with Crippen LogP contribution in [0, 0.1) is 0 Å². The standard InChI is InChI=1S/C23H25ClN2O4/c1-26(2)19(20-5-4-12-29-20)14-25-23(27)17-8-11-21(22(13-17)28-3)30-15-16-6-9-18(24)10-7-16/h4-13,19H,14-15H2,1-3H3,(H,25,27). The van der Waals surface area contributed by atoms with Gasteiger partial charge in [-0.15, -0.1) is 0 Å². The highest BCUT2D eigenvalue weighted by molar-refractivity contribution is 6.30. The molecule has 3 rings (SSSR count). The van der Waals surface area contributed by atoms with E-state index in [1.54, 1.807) is 31.6 Å². The smallest absolute Gasteiger partial charge is 0.251 e. The van der Waals surface area contributed by atoms with Crippen molar-refractivity contribution in [3.63, 3.8) is 0 Å². The molecular weight excluding hydrogens is 404 g/mol. The lowest BCUT2D eigenvalue weighted by Crippen LogP contribution is -2.34. The summed E-state index contributed by atoms with van der Waals surface area (Å²) in [5.74, 6) is 1.65. The molecule has 0 aliphatic rings. The quantitative estimate of drug-likeness (QED) is 0.541. The Bertz CT molecular complexity index is 956. The third-order valence-corrected chi connectivity index (χ3v) is 4.94. The summed E-state index contributed by atoms with van der Waals surface area (Å²) in [4.78, 5) is 14.7. The fourth-order valence-electron chi connectivity index (χ4n) is 2.98. The van der Waals surface area contributed by atoms with Gasteiger partial charge in [0.05, 0.1) is 19.4 Å². The number of nitrogens with one attached hydrogen (secondary N) is 1. The Morgan fingerprint density at radius 2 is 1.90 bits per heavy atom. The Kier molecular flexibility index (Phi) is 7.38. The number of methoxy groups -OCH3 is 1. The molecule has 158 valence electrons. The van der Waals surface area contributed by atoms with Gasteiger partial charge in [-0.1, -0.05) is 23.7 Å². The molecule has 0 spiro atoms. The SMILES string of the molecule is COc1cc(C(=O)NCC(c2ccco2)N(C)C)ccc1OCc1ccc(Cl)cc1. The van der Waals surface area contributed by atoms with Gasteiger partial charge in [0.25, 0.3) is 5.91 Å².